The number of nitrogens with one attached hydrogen (secondary N) is 2. The summed E-state index contributed by atoms with van der Waals surface area (Å²) in [6.07, 6.45) is 0.925. The van der Waals surface area contributed by atoms with Crippen molar-refractivity contribution in [3.05, 3.63) is 33.9 Å². The first-order valence-electron chi connectivity index (χ1n) is 5.68. The Kier molecular flexibility index (Phi) is 5.17. The Bertz CT molecular complexity index is 627. The van der Waals surface area contributed by atoms with E-state index in [4.69, 9.17) is 0 Å². The van der Waals surface area contributed by atoms with Gasteiger partial charge in [0.15, 0.2) is 9.84 Å². The molecule has 1 aromatic rings. The second-order valence-electron chi connectivity index (χ2n) is 4.10. The van der Waals surface area contributed by atoms with Crippen LogP contribution in [0, 0.1) is 10.1 Å². The van der Waals surface area contributed by atoms with E-state index in [9.17, 15) is 23.3 Å². The highest BCUT2D eigenvalue weighted by molar-refractivity contribution is 7.90. The number of non-ortho nitro benzene ring substituents is 1. The van der Waals surface area contributed by atoms with Crippen LogP contribution < -0.4 is 10.6 Å². The summed E-state index contributed by atoms with van der Waals surface area (Å²) in [6, 6.07) is 3.10. The second kappa shape index (κ2) is 6.44. The zero-order valence-electron chi connectivity index (χ0n) is 11.0. The minimum absolute atomic E-state index is 0.0595. The summed E-state index contributed by atoms with van der Waals surface area (Å²) in [5.74, 6) is -0.561. The van der Waals surface area contributed by atoms with Gasteiger partial charge in [0.05, 0.1) is 9.82 Å². The third-order valence-electron chi connectivity index (χ3n) is 2.45. The number of hydrogen-bond donors (Lipinski definition) is 2. The van der Waals surface area contributed by atoms with Crippen LogP contribution in [0.2, 0.25) is 0 Å². The number of nitrogens with zero attached hydrogens (tertiary/aromatic N) is 1. The summed E-state index contributed by atoms with van der Waals surface area (Å²) in [5.41, 5.74) is -0.498. The summed E-state index contributed by atoms with van der Waals surface area (Å²) >= 11 is 0. The summed E-state index contributed by atoms with van der Waals surface area (Å²) in [6.45, 7) is 0.853. The molecule has 1 rings (SSSR count). The van der Waals surface area contributed by atoms with Crippen LogP contribution >= 0.6 is 0 Å². The van der Waals surface area contributed by atoms with E-state index >= 15 is 0 Å². The average Bonchev–Trinajstić information content (AvgIpc) is 2.37. The van der Waals surface area contributed by atoms with Gasteiger partial charge in [-0.15, -0.1) is 0 Å². The Morgan fingerprint density at radius 1 is 1.30 bits per heavy atom. The molecule has 110 valence electrons. The molecule has 0 fully saturated rings. The first-order chi connectivity index (χ1) is 9.25. The lowest BCUT2D eigenvalue weighted by Crippen LogP contribution is -2.30. The number of sulfone groups is 1. The number of likely N-dealkylation sites (N-methyl/N-ethyl adjacent to an activating group) is 1. The Hall–Kier alpha value is -2.00. The van der Waals surface area contributed by atoms with E-state index in [0.717, 1.165) is 24.5 Å². The molecule has 9 heteroatoms. The molecular weight excluding hydrogens is 286 g/mol. The van der Waals surface area contributed by atoms with Crippen molar-refractivity contribution in [2.75, 3.05) is 26.4 Å². The van der Waals surface area contributed by atoms with E-state index < -0.39 is 26.4 Å². The highest BCUT2D eigenvalue weighted by Crippen LogP contribution is 2.20. The van der Waals surface area contributed by atoms with E-state index in [0.29, 0.717) is 13.1 Å². The summed E-state index contributed by atoms with van der Waals surface area (Å²) in [5, 5.41) is 16.1. The molecule has 8 nitrogen and oxygen atoms in total. The number of hydrogen-bond acceptors (Lipinski definition) is 6. The molecule has 0 aliphatic heterocycles. The average molecular weight is 301 g/mol. The van der Waals surface area contributed by atoms with E-state index in [1.807, 2.05) is 0 Å². The van der Waals surface area contributed by atoms with Crippen molar-refractivity contribution < 1.29 is 18.1 Å². The van der Waals surface area contributed by atoms with Crippen molar-refractivity contribution in [1.29, 1.82) is 0 Å². The zero-order valence-corrected chi connectivity index (χ0v) is 11.9. The van der Waals surface area contributed by atoms with Crippen molar-refractivity contribution >= 4 is 21.4 Å². The van der Waals surface area contributed by atoms with Crippen LogP contribution in [0.4, 0.5) is 5.69 Å². The normalized spacial score (nSPS) is 11.1. The van der Waals surface area contributed by atoms with Gasteiger partial charge in [0, 0.05) is 37.0 Å². The van der Waals surface area contributed by atoms with E-state index in [1.165, 1.54) is 0 Å². The number of benzene rings is 1. The van der Waals surface area contributed by atoms with Crippen molar-refractivity contribution in [3.8, 4) is 0 Å². The van der Waals surface area contributed by atoms with Crippen LogP contribution in [0.5, 0.6) is 0 Å². The van der Waals surface area contributed by atoms with Crippen molar-refractivity contribution in [2.24, 2.45) is 0 Å². The molecule has 0 aliphatic carbocycles. The zero-order chi connectivity index (χ0) is 15.3. The largest absolute Gasteiger partial charge is 0.351 e. The number of nitro benzene ring substituents is 1. The molecule has 0 saturated heterocycles. The quantitative estimate of drug-likeness (QED) is 0.432. The minimum atomic E-state index is -3.64. The third-order valence-corrected chi connectivity index (χ3v) is 3.55. The fourth-order valence-corrected chi connectivity index (χ4v) is 2.11. The van der Waals surface area contributed by atoms with Crippen LogP contribution in [0.15, 0.2) is 23.1 Å². The fraction of sp³-hybridized carbons (Fsp3) is 0.364. The Labute approximate surface area is 116 Å². The molecule has 0 aliphatic rings. The van der Waals surface area contributed by atoms with Gasteiger partial charge in [-0.2, -0.15) is 0 Å². The lowest BCUT2D eigenvalue weighted by Gasteiger charge is -2.06. The van der Waals surface area contributed by atoms with Crippen molar-refractivity contribution in [3.63, 3.8) is 0 Å². The Balaban J connectivity index is 3.16. The van der Waals surface area contributed by atoms with Gasteiger partial charge in [-0.25, -0.2) is 8.42 Å². The molecule has 0 saturated carbocycles. The predicted octanol–water partition coefficient (Wildman–Crippen LogP) is -0.0525. The van der Waals surface area contributed by atoms with Gasteiger partial charge in [-0.3, -0.25) is 14.9 Å². The van der Waals surface area contributed by atoms with Crippen molar-refractivity contribution in [2.45, 2.75) is 4.90 Å². The smallest absolute Gasteiger partial charge is 0.271 e. The molecule has 0 atom stereocenters. The number of carbonyl (C=O) groups is 1. The minimum Gasteiger partial charge on any atom is -0.351 e. The maximum atomic E-state index is 11.8. The molecule has 20 heavy (non-hydrogen) atoms. The lowest BCUT2D eigenvalue weighted by molar-refractivity contribution is -0.385. The van der Waals surface area contributed by atoms with Gasteiger partial charge >= 0.3 is 0 Å². The van der Waals surface area contributed by atoms with E-state index in [2.05, 4.69) is 10.6 Å². The number of amides is 1. The molecule has 0 bridgehead atoms. The van der Waals surface area contributed by atoms with Crippen LogP contribution in [-0.2, 0) is 9.84 Å². The maximum Gasteiger partial charge on any atom is 0.271 e. The van der Waals surface area contributed by atoms with Gasteiger partial charge in [0.1, 0.15) is 0 Å². The molecule has 0 heterocycles. The van der Waals surface area contributed by atoms with Crippen LogP contribution in [0.3, 0.4) is 0 Å². The summed E-state index contributed by atoms with van der Waals surface area (Å²) in [4.78, 5) is 21.6. The van der Waals surface area contributed by atoms with E-state index in [-0.39, 0.29) is 10.5 Å². The molecule has 0 radical (unpaired) electrons. The Morgan fingerprint density at radius 3 is 2.45 bits per heavy atom. The van der Waals surface area contributed by atoms with Gasteiger partial charge in [0.2, 0.25) is 0 Å². The molecule has 0 aromatic heterocycles. The molecule has 0 spiro atoms. The first kappa shape index (κ1) is 16.1. The van der Waals surface area contributed by atoms with Gasteiger partial charge in [-0.1, -0.05) is 0 Å². The van der Waals surface area contributed by atoms with E-state index in [1.54, 1.807) is 7.05 Å². The molecule has 1 amide bonds. The molecule has 2 N–H and O–H groups in total. The number of carbonyl (C=O) groups excluding carboxylic acids is 1. The number of nitro groups is 1. The maximum absolute atomic E-state index is 11.8. The molecule has 0 unspecified atom stereocenters. The SMILES string of the molecule is CNCCNC(=O)c1cc([N+](=O)[O-])cc(S(C)(=O)=O)c1. The number of rotatable bonds is 6. The summed E-state index contributed by atoms with van der Waals surface area (Å²) < 4.78 is 23.0. The Morgan fingerprint density at radius 2 is 1.95 bits per heavy atom. The molecular formula is C11H15N3O5S. The lowest BCUT2D eigenvalue weighted by atomic mass is 10.2. The van der Waals surface area contributed by atoms with Gasteiger partial charge < -0.3 is 10.6 Å². The highest BCUT2D eigenvalue weighted by atomic mass is 32.2. The first-order valence-corrected chi connectivity index (χ1v) is 7.57. The van der Waals surface area contributed by atoms with Gasteiger partial charge in [-0.05, 0) is 13.1 Å². The second-order valence-corrected chi connectivity index (χ2v) is 6.12. The van der Waals surface area contributed by atoms with Crippen LogP contribution in [-0.4, -0.2) is 45.6 Å². The van der Waals surface area contributed by atoms with Crippen LogP contribution in [0.1, 0.15) is 10.4 Å². The molecule has 1 aromatic carbocycles. The predicted molar refractivity (Wildman–Crippen MR) is 72.5 cm³/mol. The van der Waals surface area contributed by atoms with Crippen molar-refractivity contribution in [1.82, 2.24) is 10.6 Å². The third kappa shape index (κ3) is 4.28. The van der Waals surface area contributed by atoms with Crippen LogP contribution in [0.25, 0.3) is 0 Å². The fourth-order valence-electron chi connectivity index (χ4n) is 1.44. The standard InChI is InChI=1S/C11H15N3O5S/c1-12-3-4-13-11(15)8-5-9(14(16)17)7-10(6-8)20(2,18)19/h5-7,12H,3-4H2,1-2H3,(H,13,15). The monoisotopic (exact) mass is 301 g/mol. The van der Waals surface area contributed by atoms with Gasteiger partial charge in [0.25, 0.3) is 11.6 Å². The highest BCUT2D eigenvalue weighted by Gasteiger charge is 2.18. The topological polar surface area (TPSA) is 118 Å². The summed E-state index contributed by atoms with van der Waals surface area (Å²) in [7, 11) is -1.93.